The molecular formula is C28H24F3NO3. The van der Waals surface area contributed by atoms with Crippen LogP contribution in [0.1, 0.15) is 35.7 Å². The number of rotatable bonds is 7. The average Bonchev–Trinajstić information content (AvgIpc) is 2.87. The first-order valence-electron chi connectivity index (χ1n) is 11.2. The molecule has 0 aliphatic rings. The van der Waals surface area contributed by atoms with Crippen LogP contribution < -0.4 is 4.74 Å². The number of halogens is 3. The van der Waals surface area contributed by atoms with E-state index in [2.05, 4.69) is 11.9 Å². The van der Waals surface area contributed by atoms with E-state index in [0.29, 0.717) is 12.3 Å². The fraction of sp³-hybridized carbons (Fsp3) is 0.214. The summed E-state index contributed by atoms with van der Waals surface area (Å²) in [6, 6.07) is 20.0. The van der Waals surface area contributed by atoms with E-state index in [-0.39, 0.29) is 16.5 Å². The molecule has 0 fully saturated rings. The molecule has 4 rings (SSSR count). The number of benzene rings is 3. The van der Waals surface area contributed by atoms with Gasteiger partial charge >= 0.3 is 12.1 Å². The molecule has 35 heavy (non-hydrogen) atoms. The SMILES string of the molecule is CCCCOc1ccc(-c2ccc(-c3cc(C(=O)OC)c4cc(C(F)(F)F)ccc4n3)cc2)cc1. The van der Waals surface area contributed by atoms with E-state index in [0.717, 1.165) is 47.4 Å². The quantitative estimate of drug-likeness (QED) is 0.203. The van der Waals surface area contributed by atoms with Crippen LogP contribution in [-0.2, 0) is 10.9 Å². The fourth-order valence-corrected chi connectivity index (χ4v) is 3.74. The van der Waals surface area contributed by atoms with E-state index in [1.165, 1.54) is 19.2 Å². The molecule has 180 valence electrons. The largest absolute Gasteiger partial charge is 0.494 e. The molecule has 3 aromatic carbocycles. The van der Waals surface area contributed by atoms with Gasteiger partial charge in [0.15, 0.2) is 0 Å². The smallest absolute Gasteiger partial charge is 0.416 e. The van der Waals surface area contributed by atoms with Crippen molar-refractivity contribution in [2.75, 3.05) is 13.7 Å². The van der Waals surface area contributed by atoms with Crippen LogP contribution in [0.5, 0.6) is 5.75 Å². The number of nitrogens with zero attached hydrogens (tertiary/aromatic N) is 1. The van der Waals surface area contributed by atoms with Gasteiger partial charge in [0.1, 0.15) is 5.75 Å². The number of carbonyl (C=O) groups excluding carboxylic acids is 1. The van der Waals surface area contributed by atoms with Crippen LogP contribution in [0.2, 0.25) is 0 Å². The van der Waals surface area contributed by atoms with Crippen LogP contribution in [0.4, 0.5) is 13.2 Å². The first-order chi connectivity index (χ1) is 16.8. The minimum atomic E-state index is -4.53. The molecule has 0 aliphatic heterocycles. The molecule has 0 saturated carbocycles. The first kappa shape index (κ1) is 24.3. The van der Waals surface area contributed by atoms with E-state index < -0.39 is 17.7 Å². The zero-order valence-electron chi connectivity index (χ0n) is 19.4. The van der Waals surface area contributed by atoms with Gasteiger partial charge in [-0.05, 0) is 53.9 Å². The Morgan fingerprint density at radius 3 is 2.11 bits per heavy atom. The van der Waals surface area contributed by atoms with Crippen molar-refractivity contribution in [3.05, 3.63) is 83.9 Å². The zero-order chi connectivity index (χ0) is 25.0. The molecule has 0 spiro atoms. The highest BCUT2D eigenvalue weighted by molar-refractivity contribution is 6.04. The molecule has 7 heteroatoms. The summed E-state index contributed by atoms with van der Waals surface area (Å²) in [5.74, 6) is 0.0963. The summed E-state index contributed by atoms with van der Waals surface area (Å²) in [6.45, 7) is 2.80. The lowest BCUT2D eigenvalue weighted by Gasteiger charge is -2.12. The summed E-state index contributed by atoms with van der Waals surface area (Å²) < 4.78 is 50.1. The summed E-state index contributed by atoms with van der Waals surface area (Å²) in [4.78, 5) is 16.9. The molecule has 4 aromatic rings. The number of carbonyl (C=O) groups is 1. The topological polar surface area (TPSA) is 48.4 Å². The average molecular weight is 479 g/mol. The number of methoxy groups -OCH3 is 1. The van der Waals surface area contributed by atoms with Crippen LogP contribution in [0, 0.1) is 0 Å². The lowest BCUT2D eigenvalue weighted by Crippen LogP contribution is -2.07. The van der Waals surface area contributed by atoms with Crippen molar-refractivity contribution >= 4 is 16.9 Å². The third kappa shape index (κ3) is 5.45. The third-order valence-electron chi connectivity index (χ3n) is 5.68. The molecule has 0 aliphatic carbocycles. The molecule has 0 atom stereocenters. The van der Waals surface area contributed by atoms with Crippen LogP contribution in [0.25, 0.3) is 33.3 Å². The second-order valence-corrected chi connectivity index (χ2v) is 8.08. The molecular weight excluding hydrogens is 455 g/mol. The van der Waals surface area contributed by atoms with Crippen LogP contribution in [-0.4, -0.2) is 24.7 Å². The Morgan fingerprint density at radius 2 is 1.51 bits per heavy atom. The summed E-state index contributed by atoms with van der Waals surface area (Å²) in [6.07, 6.45) is -2.45. The van der Waals surface area contributed by atoms with Gasteiger partial charge in [0.25, 0.3) is 0 Å². The molecule has 0 saturated heterocycles. The second-order valence-electron chi connectivity index (χ2n) is 8.08. The highest BCUT2D eigenvalue weighted by atomic mass is 19.4. The lowest BCUT2D eigenvalue weighted by atomic mass is 10.00. The van der Waals surface area contributed by atoms with Gasteiger partial charge in [0, 0.05) is 10.9 Å². The monoisotopic (exact) mass is 479 g/mol. The van der Waals surface area contributed by atoms with Crippen molar-refractivity contribution in [1.29, 1.82) is 0 Å². The maximum absolute atomic E-state index is 13.2. The Kier molecular flexibility index (Phi) is 7.05. The number of esters is 1. The first-order valence-corrected chi connectivity index (χ1v) is 11.2. The minimum absolute atomic E-state index is 0.0290. The third-order valence-corrected chi connectivity index (χ3v) is 5.68. The second kappa shape index (κ2) is 10.2. The molecule has 1 aromatic heterocycles. The normalized spacial score (nSPS) is 11.5. The number of alkyl halides is 3. The molecule has 0 unspecified atom stereocenters. The van der Waals surface area contributed by atoms with Gasteiger partial charge in [-0.25, -0.2) is 9.78 Å². The molecule has 0 radical (unpaired) electrons. The van der Waals surface area contributed by atoms with E-state index in [4.69, 9.17) is 9.47 Å². The summed E-state index contributed by atoms with van der Waals surface area (Å²) in [5, 5.41) is 0.0910. The van der Waals surface area contributed by atoms with Crippen molar-refractivity contribution in [3.8, 4) is 28.1 Å². The highest BCUT2D eigenvalue weighted by Gasteiger charge is 2.31. The number of unbranched alkanes of at least 4 members (excludes halogenated alkanes) is 1. The Balaban J connectivity index is 1.65. The van der Waals surface area contributed by atoms with Gasteiger partial charge in [0.05, 0.1) is 36.1 Å². The summed E-state index contributed by atoms with van der Waals surface area (Å²) in [5.41, 5.74) is 2.64. The van der Waals surface area contributed by atoms with Gasteiger partial charge in [-0.3, -0.25) is 0 Å². The predicted octanol–water partition coefficient (Wildman–Crippen LogP) is 7.55. The number of fused-ring (bicyclic) bond motifs is 1. The Bertz CT molecular complexity index is 1330. The van der Waals surface area contributed by atoms with Crippen molar-refractivity contribution in [3.63, 3.8) is 0 Å². The Labute approximate surface area is 201 Å². The van der Waals surface area contributed by atoms with Crippen molar-refractivity contribution < 1.29 is 27.4 Å². The number of pyridine rings is 1. The van der Waals surface area contributed by atoms with Gasteiger partial charge in [-0.2, -0.15) is 13.2 Å². The predicted molar refractivity (Wildman–Crippen MR) is 129 cm³/mol. The van der Waals surface area contributed by atoms with Gasteiger partial charge in [0.2, 0.25) is 0 Å². The molecule has 0 bridgehead atoms. The van der Waals surface area contributed by atoms with E-state index in [9.17, 15) is 18.0 Å². The van der Waals surface area contributed by atoms with E-state index in [1.54, 1.807) is 0 Å². The van der Waals surface area contributed by atoms with Gasteiger partial charge in [-0.1, -0.05) is 49.7 Å². The number of hydrogen-bond acceptors (Lipinski definition) is 4. The fourth-order valence-electron chi connectivity index (χ4n) is 3.74. The standard InChI is InChI=1S/C28H24F3NO3/c1-3-4-15-35-22-12-9-19(10-13-22)18-5-7-20(8-6-18)26-17-24(27(33)34-2)23-16-21(28(29,30)31)11-14-25(23)32-26/h5-14,16-17H,3-4,15H2,1-2H3. The van der Waals surface area contributed by atoms with Crippen LogP contribution in [0.3, 0.4) is 0 Å². The molecule has 0 amide bonds. The maximum atomic E-state index is 13.2. The van der Waals surface area contributed by atoms with E-state index in [1.807, 2.05) is 48.5 Å². The maximum Gasteiger partial charge on any atom is 0.416 e. The van der Waals surface area contributed by atoms with Gasteiger partial charge < -0.3 is 9.47 Å². The van der Waals surface area contributed by atoms with Crippen molar-refractivity contribution in [2.45, 2.75) is 25.9 Å². The highest BCUT2D eigenvalue weighted by Crippen LogP contribution is 2.34. The number of aromatic nitrogens is 1. The van der Waals surface area contributed by atoms with Crippen molar-refractivity contribution in [2.24, 2.45) is 0 Å². The Morgan fingerprint density at radius 1 is 0.886 bits per heavy atom. The molecule has 1 heterocycles. The molecule has 4 nitrogen and oxygen atoms in total. The lowest BCUT2D eigenvalue weighted by molar-refractivity contribution is -0.137. The number of hydrogen-bond donors (Lipinski definition) is 0. The number of ether oxygens (including phenoxy) is 2. The Hall–Kier alpha value is -3.87. The summed E-state index contributed by atoms with van der Waals surface area (Å²) in [7, 11) is 1.19. The summed E-state index contributed by atoms with van der Waals surface area (Å²) >= 11 is 0. The minimum Gasteiger partial charge on any atom is -0.494 e. The molecule has 0 N–H and O–H groups in total. The zero-order valence-corrected chi connectivity index (χ0v) is 19.4. The van der Waals surface area contributed by atoms with E-state index >= 15 is 0 Å². The van der Waals surface area contributed by atoms with Crippen LogP contribution >= 0.6 is 0 Å². The van der Waals surface area contributed by atoms with Crippen molar-refractivity contribution in [1.82, 2.24) is 4.98 Å². The van der Waals surface area contributed by atoms with Crippen LogP contribution in [0.15, 0.2) is 72.8 Å². The van der Waals surface area contributed by atoms with Gasteiger partial charge in [-0.15, -0.1) is 0 Å².